The number of ether oxygens (including phenoxy) is 3. The van der Waals surface area contributed by atoms with Gasteiger partial charge < -0.3 is 24.8 Å². The van der Waals surface area contributed by atoms with E-state index in [1.165, 1.54) is 6.33 Å². The molecule has 0 radical (unpaired) electrons. The molecule has 31 heavy (non-hydrogen) atoms. The van der Waals surface area contributed by atoms with Crippen LogP contribution in [0.4, 0.5) is 11.6 Å². The molecule has 4 rings (SSSR count). The van der Waals surface area contributed by atoms with Gasteiger partial charge in [-0.3, -0.25) is 4.79 Å². The standard InChI is InChI=1S/C22H23N5O4/c1-13-19(21(28)26-16-11-14(29-2)9-10-18(16)31-4)20(27-22(25-13)23-12-24-27)15-7-5-6-8-17(15)30-3/h5-12,20H,1-4H3,(H,26,28)(H,23,24,25)/t20-/m1/s1. The van der Waals surface area contributed by atoms with Gasteiger partial charge in [0.2, 0.25) is 5.95 Å². The number of carbonyl (C=O) groups is 1. The lowest BCUT2D eigenvalue weighted by Gasteiger charge is -2.29. The predicted molar refractivity (Wildman–Crippen MR) is 116 cm³/mol. The van der Waals surface area contributed by atoms with Crippen LogP contribution in [0.5, 0.6) is 17.2 Å². The van der Waals surface area contributed by atoms with E-state index < -0.39 is 6.04 Å². The van der Waals surface area contributed by atoms with Crippen LogP contribution in [0, 0.1) is 0 Å². The molecule has 1 atom stereocenters. The highest BCUT2D eigenvalue weighted by atomic mass is 16.5. The number of hydrogen-bond acceptors (Lipinski definition) is 7. The van der Waals surface area contributed by atoms with Gasteiger partial charge in [-0.25, -0.2) is 4.68 Å². The number of nitrogens with one attached hydrogen (secondary N) is 2. The van der Waals surface area contributed by atoms with Gasteiger partial charge in [-0.1, -0.05) is 18.2 Å². The van der Waals surface area contributed by atoms with Crippen molar-refractivity contribution in [2.45, 2.75) is 13.0 Å². The molecule has 9 nitrogen and oxygen atoms in total. The number of anilines is 2. The summed E-state index contributed by atoms with van der Waals surface area (Å²) in [4.78, 5) is 17.8. The summed E-state index contributed by atoms with van der Waals surface area (Å²) < 4.78 is 17.9. The largest absolute Gasteiger partial charge is 0.497 e. The Morgan fingerprint density at radius 1 is 1.06 bits per heavy atom. The van der Waals surface area contributed by atoms with Gasteiger partial charge in [0.05, 0.1) is 32.6 Å². The average Bonchev–Trinajstić information content (AvgIpc) is 3.25. The summed E-state index contributed by atoms with van der Waals surface area (Å²) in [5.74, 6) is 2.00. The number of amides is 1. The lowest BCUT2D eigenvalue weighted by atomic mass is 9.94. The van der Waals surface area contributed by atoms with Gasteiger partial charge in [-0.2, -0.15) is 10.1 Å². The van der Waals surface area contributed by atoms with Gasteiger partial charge in [0.15, 0.2) is 0 Å². The summed E-state index contributed by atoms with van der Waals surface area (Å²) in [6.07, 6.45) is 1.45. The maximum Gasteiger partial charge on any atom is 0.255 e. The van der Waals surface area contributed by atoms with Crippen LogP contribution < -0.4 is 24.8 Å². The van der Waals surface area contributed by atoms with Crippen molar-refractivity contribution in [1.29, 1.82) is 0 Å². The molecule has 1 aliphatic rings. The second kappa shape index (κ2) is 8.39. The Hall–Kier alpha value is -4.01. The minimum atomic E-state index is -0.536. The van der Waals surface area contributed by atoms with E-state index in [9.17, 15) is 4.79 Å². The first kappa shape index (κ1) is 20.3. The second-order valence-corrected chi connectivity index (χ2v) is 6.86. The number of fused-ring (bicyclic) bond motifs is 1. The van der Waals surface area contributed by atoms with Crippen molar-refractivity contribution in [3.8, 4) is 17.2 Å². The predicted octanol–water partition coefficient (Wildman–Crippen LogP) is 3.23. The fourth-order valence-electron chi connectivity index (χ4n) is 3.67. The minimum Gasteiger partial charge on any atom is -0.497 e. The van der Waals surface area contributed by atoms with Gasteiger partial charge in [-0.05, 0) is 25.1 Å². The van der Waals surface area contributed by atoms with Gasteiger partial charge in [-0.15, -0.1) is 0 Å². The van der Waals surface area contributed by atoms with Crippen molar-refractivity contribution >= 4 is 17.5 Å². The minimum absolute atomic E-state index is 0.311. The fourth-order valence-corrected chi connectivity index (χ4v) is 3.67. The zero-order valence-corrected chi connectivity index (χ0v) is 17.7. The summed E-state index contributed by atoms with van der Waals surface area (Å²) in [6.45, 7) is 1.83. The molecule has 160 valence electrons. The van der Waals surface area contributed by atoms with Crippen molar-refractivity contribution in [3.05, 3.63) is 65.6 Å². The molecular formula is C22H23N5O4. The van der Waals surface area contributed by atoms with E-state index in [-0.39, 0.29) is 5.91 Å². The number of hydrogen-bond donors (Lipinski definition) is 2. The molecule has 2 N–H and O–H groups in total. The Morgan fingerprint density at radius 2 is 1.84 bits per heavy atom. The first-order valence-electron chi connectivity index (χ1n) is 9.61. The topological polar surface area (TPSA) is 99.5 Å². The zero-order chi connectivity index (χ0) is 22.0. The van der Waals surface area contributed by atoms with E-state index in [4.69, 9.17) is 14.2 Å². The maximum absolute atomic E-state index is 13.6. The quantitative estimate of drug-likeness (QED) is 0.630. The molecule has 1 aliphatic heterocycles. The van der Waals surface area contributed by atoms with Gasteiger partial charge in [0, 0.05) is 17.3 Å². The molecule has 2 aromatic carbocycles. The maximum atomic E-state index is 13.6. The molecular weight excluding hydrogens is 398 g/mol. The highest BCUT2D eigenvalue weighted by Crippen LogP contribution is 2.39. The molecule has 0 unspecified atom stereocenters. The van der Waals surface area contributed by atoms with E-state index in [0.717, 1.165) is 5.56 Å². The number of aromatic nitrogens is 3. The van der Waals surface area contributed by atoms with Crippen LogP contribution in [0.1, 0.15) is 18.5 Å². The van der Waals surface area contributed by atoms with E-state index in [1.807, 2.05) is 31.2 Å². The van der Waals surface area contributed by atoms with Gasteiger partial charge >= 0.3 is 0 Å². The van der Waals surface area contributed by atoms with Crippen molar-refractivity contribution < 1.29 is 19.0 Å². The van der Waals surface area contributed by atoms with Crippen LogP contribution >= 0.6 is 0 Å². The zero-order valence-electron chi connectivity index (χ0n) is 17.7. The average molecular weight is 421 g/mol. The number of nitrogens with zero attached hydrogens (tertiary/aromatic N) is 3. The number of carbonyl (C=O) groups excluding carboxylic acids is 1. The van der Waals surface area contributed by atoms with Crippen LogP contribution in [-0.2, 0) is 4.79 Å². The molecule has 0 saturated carbocycles. The lowest BCUT2D eigenvalue weighted by molar-refractivity contribution is -0.113. The van der Waals surface area contributed by atoms with Crippen LogP contribution in [0.25, 0.3) is 0 Å². The summed E-state index contributed by atoms with van der Waals surface area (Å²) in [7, 11) is 4.71. The molecule has 9 heteroatoms. The molecule has 1 amide bonds. The summed E-state index contributed by atoms with van der Waals surface area (Å²) in [5, 5.41) is 10.5. The number of methoxy groups -OCH3 is 3. The van der Waals surface area contributed by atoms with Crippen molar-refractivity contribution in [1.82, 2.24) is 14.8 Å². The molecule has 0 spiro atoms. The SMILES string of the molecule is COc1ccc(OC)c(NC(=O)C2=C(C)Nc3ncnn3[C@@H]2c2ccccc2OC)c1. The molecule has 0 bridgehead atoms. The van der Waals surface area contributed by atoms with Crippen molar-refractivity contribution in [2.75, 3.05) is 32.0 Å². The third kappa shape index (κ3) is 3.65. The number of benzene rings is 2. The van der Waals surface area contributed by atoms with E-state index in [1.54, 1.807) is 44.2 Å². The molecule has 0 fully saturated rings. The Kier molecular flexibility index (Phi) is 5.48. The first-order chi connectivity index (χ1) is 15.1. The fraction of sp³-hybridized carbons (Fsp3) is 0.227. The van der Waals surface area contributed by atoms with Crippen LogP contribution in [0.3, 0.4) is 0 Å². The Bertz CT molecular complexity index is 1150. The van der Waals surface area contributed by atoms with E-state index in [2.05, 4.69) is 20.7 Å². The lowest BCUT2D eigenvalue weighted by Crippen LogP contribution is -2.31. The Morgan fingerprint density at radius 3 is 2.58 bits per heavy atom. The van der Waals surface area contributed by atoms with Gasteiger partial charge in [0.25, 0.3) is 5.91 Å². The molecule has 3 aromatic rings. The summed E-state index contributed by atoms with van der Waals surface area (Å²) >= 11 is 0. The monoisotopic (exact) mass is 421 g/mol. The highest BCUT2D eigenvalue weighted by molar-refractivity contribution is 6.06. The van der Waals surface area contributed by atoms with E-state index in [0.29, 0.717) is 40.2 Å². The van der Waals surface area contributed by atoms with Crippen molar-refractivity contribution in [2.24, 2.45) is 0 Å². The first-order valence-corrected chi connectivity index (χ1v) is 9.61. The Balaban J connectivity index is 1.79. The second-order valence-electron chi connectivity index (χ2n) is 6.86. The van der Waals surface area contributed by atoms with Gasteiger partial charge in [0.1, 0.15) is 29.6 Å². The summed E-state index contributed by atoms with van der Waals surface area (Å²) in [5.41, 5.74) is 2.43. The molecule has 0 saturated heterocycles. The number of rotatable bonds is 6. The van der Waals surface area contributed by atoms with Crippen LogP contribution in [-0.4, -0.2) is 42.0 Å². The van der Waals surface area contributed by atoms with E-state index >= 15 is 0 Å². The normalized spacial score (nSPS) is 15.0. The smallest absolute Gasteiger partial charge is 0.255 e. The number of para-hydroxylation sites is 1. The third-order valence-electron chi connectivity index (χ3n) is 5.13. The molecule has 1 aromatic heterocycles. The highest BCUT2D eigenvalue weighted by Gasteiger charge is 2.35. The molecule has 2 heterocycles. The Labute approximate surface area is 179 Å². The van der Waals surface area contributed by atoms with Crippen LogP contribution in [0.2, 0.25) is 0 Å². The van der Waals surface area contributed by atoms with Crippen LogP contribution in [0.15, 0.2) is 60.1 Å². The third-order valence-corrected chi connectivity index (χ3v) is 5.13. The number of allylic oxidation sites excluding steroid dienone is 1. The summed E-state index contributed by atoms with van der Waals surface area (Å²) in [6, 6.07) is 12.2. The molecule has 0 aliphatic carbocycles. The van der Waals surface area contributed by atoms with Crippen molar-refractivity contribution in [3.63, 3.8) is 0 Å².